The summed E-state index contributed by atoms with van der Waals surface area (Å²) >= 11 is 0. The highest BCUT2D eigenvalue weighted by Crippen LogP contribution is 2.16. The van der Waals surface area contributed by atoms with Gasteiger partial charge in [-0.1, -0.05) is 0 Å². The molecule has 2 heterocycles. The molecule has 18 heavy (non-hydrogen) atoms. The van der Waals surface area contributed by atoms with Gasteiger partial charge in [-0.05, 0) is 24.3 Å². The van der Waals surface area contributed by atoms with E-state index in [1.54, 1.807) is 24.3 Å². The van der Waals surface area contributed by atoms with E-state index in [4.69, 9.17) is 0 Å². The fraction of sp³-hybridized carbons (Fsp3) is 0.0769. The molecule has 0 amide bonds. The molecule has 0 aliphatic rings. The van der Waals surface area contributed by atoms with Gasteiger partial charge < -0.3 is 4.74 Å². The van der Waals surface area contributed by atoms with Crippen LogP contribution in [0, 0.1) is 0 Å². The van der Waals surface area contributed by atoms with Gasteiger partial charge in [-0.3, -0.25) is 14.8 Å². The molecule has 0 atom stereocenters. The van der Waals surface area contributed by atoms with E-state index in [0.29, 0.717) is 22.5 Å². The first kappa shape index (κ1) is 11.9. The Hall–Kier alpha value is -2.56. The van der Waals surface area contributed by atoms with E-state index in [0.717, 1.165) is 6.29 Å². The van der Waals surface area contributed by atoms with E-state index in [1.165, 1.54) is 19.5 Å². The van der Waals surface area contributed by atoms with Gasteiger partial charge in [0.2, 0.25) is 0 Å². The normalized spacial score (nSPS) is 9.83. The zero-order valence-electron chi connectivity index (χ0n) is 9.66. The Morgan fingerprint density at radius 2 is 1.83 bits per heavy atom. The average molecular weight is 242 g/mol. The van der Waals surface area contributed by atoms with Gasteiger partial charge in [-0.2, -0.15) is 0 Å². The molecule has 0 aliphatic heterocycles. The van der Waals surface area contributed by atoms with Crippen LogP contribution in [-0.2, 0) is 4.74 Å². The van der Waals surface area contributed by atoms with Crippen LogP contribution in [0.4, 0.5) is 0 Å². The first-order chi connectivity index (χ1) is 8.74. The number of aldehydes is 1. The molecule has 0 spiro atoms. The summed E-state index contributed by atoms with van der Waals surface area (Å²) in [4.78, 5) is 30.3. The second kappa shape index (κ2) is 5.18. The van der Waals surface area contributed by atoms with Crippen molar-refractivity contribution in [2.24, 2.45) is 0 Å². The van der Waals surface area contributed by atoms with E-state index in [1.807, 2.05) is 0 Å². The van der Waals surface area contributed by atoms with Crippen LogP contribution in [0.15, 0.2) is 36.7 Å². The Bertz CT molecular complexity index is 596. The second-order valence-electron chi connectivity index (χ2n) is 3.51. The quantitative estimate of drug-likeness (QED) is 0.605. The van der Waals surface area contributed by atoms with Crippen molar-refractivity contribution in [1.82, 2.24) is 9.97 Å². The fourth-order valence-corrected chi connectivity index (χ4v) is 1.48. The summed E-state index contributed by atoms with van der Waals surface area (Å²) in [5.74, 6) is -0.440. The maximum absolute atomic E-state index is 11.4. The van der Waals surface area contributed by atoms with Crippen molar-refractivity contribution in [3.8, 4) is 11.4 Å². The SMILES string of the molecule is COC(=O)c1ccnc(-c2cc(C=O)ccn2)c1. The van der Waals surface area contributed by atoms with Gasteiger partial charge in [-0.25, -0.2) is 4.79 Å². The van der Waals surface area contributed by atoms with E-state index in [2.05, 4.69) is 14.7 Å². The largest absolute Gasteiger partial charge is 0.465 e. The lowest BCUT2D eigenvalue weighted by molar-refractivity contribution is 0.0600. The van der Waals surface area contributed by atoms with Crippen LogP contribution in [0.25, 0.3) is 11.4 Å². The molecule has 0 N–H and O–H groups in total. The number of rotatable bonds is 3. The van der Waals surface area contributed by atoms with Gasteiger partial charge in [0, 0.05) is 18.0 Å². The lowest BCUT2D eigenvalue weighted by Crippen LogP contribution is -2.02. The Kier molecular flexibility index (Phi) is 3.43. The maximum Gasteiger partial charge on any atom is 0.337 e. The van der Waals surface area contributed by atoms with Crippen LogP contribution < -0.4 is 0 Å². The van der Waals surface area contributed by atoms with E-state index < -0.39 is 5.97 Å². The number of carbonyl (C=O) groups is 2. The zero-order chi connectivity index (χ0) is 13.0. The van der Waals surface area contributed by atoms with E-state index in [-0.39, 0.29) is 0 Å². The third-order valence-corrected chi connectivity index (χ3v) is 2.36. The van der Waals surface area contributed by atoms with Crippen molar-refractivity contribution in [2.45, 2.75) is 0 Å². The molecule has 0 aromatic carbocycles. The summed E-state index contributed by atoms with van der Waals surface area (Å²) in [7, 11) is 1.31. The summed E-state index contributed by atoms with van der Waals surface area (Å²) in [5, 5.41) is 0. The third-order valence-electron chi connectivity index (χ3n) is 2.36. The van der Waals surface area contributed by atoms with Crippen molar-refractivity contribution in [1.29, 1.82) is 0 Å². The number of ether oxygens (including phenoxy) is 1. The van der Waals surface area contributed by atoms with Gasteiger partial charge in [0.1, 0.15) is 6.29 Å². The van der Waals surface area contributed by atoms with Crippen LogP contribution >= 0.6 is 0 Å². The number of methoxy groups -OCH3 is 1. The average Bonchev–Trinajstić information content (AvgIpc) is 2.46. The van der Waals surface area contributed by atoms with Gasteiger partial charge >= 0.3 is 5.97 Å². The molecule has 2 aromatic heterocycles. The molecule has 0 bridgehead atoms. The third kappa shape index (κ3) is 2.40. The molecule has 0 saturated heterocycles. The summed E-state index contributed by atoms with van der Waals surface area (Å²) in [6, 6.07) is 6.33. The van der Waals surface area contributed by atoms with E-state index >= 15 is 0 Å². The highest BCUT2D eigenvalue weighted by molar-refractivity contribution is 5.90. The Morgan fingerprint density at radius 3 is 2.50 bits per heavy atom. The second-order valence-corrected chi connectivity index (χ2v) is 3.51. The molecule has 0 fully saturated rings. The number of hydrogen-bond acceptors (Lipinski definition) is 5. The minimum Gasteiger partial charge on any atom is -0.465 e. The minimum atomic E-state index is -0.440. The summed E-state index contributed by atoms with van der Waals surface area (Å²) in [5.41, 5.74) is 1.94. The van der Waals surface area contributed by atoms with Crippen LogP contribution in [-0.4, -0.2) is 29.3 Å². The summed E-state index contributed by atoms with van der Waals surface area (Å²) in [6.45, 7) is 0. The first-order valence-electron chi connectivity index (χ1n) is 5.20. The molecule has 5 heteroatoms. The molecule has 0 saturated carbocycles. The summed E-state index contributed by atoms with van der Waals surface area (Å²) < 4.78 is 4.63. The van der Waals surface area contributed by atoms with Crippen LogP contribution in [0.3, 0.4) is 0 Å². The van der Waals surface area contributed by atoms with Gasteiger partial charge in [-0.15, -0.1) is 0 Å². The molecule has 90 valence electrons. The number of carbonyl (C=O) groups excluding carboxylic acids is 2. The maximum atomic E-state index is 11.4. The van der Waals surface area contributed by atoms with Crippen molar-refractivity contribution in [2.75, 3.05) is 7.11 Å². The molecule has 5 nitrogen and oxygen atoms in total. The standard InChI is InChI=1S/C13H10N2O3/c1-18-13(17)10-3-5-15-12(7-10)11-6-9(8-16)2-4-14-11/h2-8H,1H3. The van der Waals surface area contributed by atoms with E-state index in [9.17, 15) is 9.59 Å². The van der Waals surface area contributed by atoms with Crippen LogP contribution in [0.1, 0.15) is 20.7 Å². The number of nitrogens with zero attached hydrogens (tertiary/aromatic N) is 2. The van der Waals surface area contributed by atoms with Gasteiger partial charge in [0.15, 0.2) is 0 Å². The predicted molar refractivity (Wildman–Crippen MR) is 64.2 cm³/mol. The Morgan fingerprint density at radius 1 is 1.17 bits per heavy atom. The molecular formula is C13H10N2O3. The van der Waals surface area contributed by atoms with Gasteiger partial charge in [0.25, 0.3) is 0 Å². The van der Waals surface area contributed by atoms with Crippen LogP contribution in [0.2, 0.25) is 0 Å². The van der Waals surface area contributed by atoms with Crippen molar-refractivity contribution in [3.05, 3.63) is 47.8 Å². The molecule has 2 rings (SSSR count). The topological polar surface area (TPSA) is 69.2 Å². The zero-order valence-corrected chi connectivity index (χ0v) is 9.66. The molecule has 0 unspecified atom stereocenters. The molecule has 0 radical (unpaired) electrons. The lowest BCUT2D eigenvalue weighted by atomic mass is 10.1. The van der Waals surface area contributed by atoms with Gasteiger partial charge in [0.05, 0.1) is 24.1 Å². The number of aromatic nitrogens is 2. The first-order valence-corrected chi connectivity index (χ1v) is 5.20. The predicted octanol–water partition coefficient (Wildman–Crippen LogP) is 1.74. The Labute approximate surface area is 103 Å². The Balaban J connectivity index is 2.44. The highest BCUT2D eigenvalue weighted by Gasteiger charge is 2.08. The number of esters is 1. The van der Waals surface area contributed by atoms with Crippen LogP contribution in [0.5, 0.6) is 0 Å². The van der Waals surface area contributed by atoms with Crippen molar-refractivity contribution < 1.29 is 14.3 Å². The fourth-order valence-electron chi connectivity index (χ4n) is 1.48. The molecule has 0 aliphatic carbocycles. The van der Waals surface area contributed by atoms with Crippen molar-refractivity contribution in [3.63, 3.8) is 0 Å². The highest BCUT2D eigenvalue weighted by atomic mass is 16.5. The monoisotopic (exact) mass is 242 g/mol. The number of pyridine rings is 2. The minimum absolute atomic E-state index is 0.390. The molecule has 2 aromatic rings. The molecular weight excluding hydrogens is 232 g/mol. The smallest absolute Gasteiger partial charge is 0.337 e. The lowest BCUT2D eigenvalue weighted by Gasteiger charge is -2.03. The van der Waals surface area contributed by atoms with Crippen molar-refractivity contribution >= 4 is 12.3 Å². The summed E-state index contributed by atoms with van der Waals surface area (Å²) in [6.07, 6.45) is 3.75. The number of hydrogen-bond donors (Lipinski definition) is 0.